The minimum absolute atomic E-state index is 0.518. The molecule has 0 aliphatic heterocycles. The Hall–Kier alpha value is -3.61. The van der Waals surface area contributed by atoms with E-state index in [1.165, 1.54) is 0 Å². The lowest BCUT2D eigenvalue weighted by Crippen LogP contribution is -1.97. The van der Waals surface area contributed by atoms with Crippen LogP contribution in [0.25, 0.3) is 28.4 Å². The SMILES string of the molecule is COc1cc(-c2nc3nccc(-c4ccccc4C)n3n2)cc(OC)c1OC. The largest absolute Gasteiger partial charge is 0.493 e. The van der Waals surface area contributed by atoms with Crippen molar-refractivity contribution in [3.63, 3.8) is 0 Å². The predicted molar refractivity (Wildman–Crippen MR) is 106 cm³/mol. The van der Waals surface area contributed by atoms with Gasteiger partial charge in [-0.2, -0.15) is 9.50 Å². The van der Waals surface area contributed by atoms with Crippen LogP contribution in [0.15, 0.2) is 48.7 Å². The van der Waals surface area contributed by atoms with Crippen molar-refractivity contribution in [2.75, 3.05) is 21.3 Å². The predicted octanol–water partition coefficient (Wildman–Crippen LogP) is 3.79. The van der Waals surface area contributed by atoms with E-state index < -0.39 is 0 Å². The number of fused-ring (bicyclic) bond motifs is 1. The number of hydrogen-bond acceptors (Lipinski definition) is 6. The normalized spacial score (nSPS) is 10.9. The van der Waals surface area contributed by atoms with Gasteiger partial charge in [0.05, 0.1) is 27.0 Å². The first-order chi connectivity index (χ1) is 13.7. The second-order valence-electron chi connectivity index (χ2n) is 6.21. The van der Waals surface area contributed by atoms with Gasteiger partial charge in [0.2, 0.25) is 5.75 Å². The molecule has 2 heterocycles. The molecule has 0 amide bonds. The van der Waals surface area contributed by atoms with Crippen LogP contribution in [0.3, 0.4) is 0 Å². The van der Waals surface area contributed by atoms with E-state index in [1.54, 1.807) is 32.0 Å². The number of methoxy groups -OCH3 is 3. The first-order valence-electron chi connectivity index (χ1n) is 8.74. The van der Waals surface area contributed by atoms with E-state index >= 15 is 0 Å². The maximum absolute atomic E-state index is 5.44. The smallest absolute Gasteiger partial charge is 0.253 e. The van der Waals surface area contributed by atoms with Crippen molar-refractivity contribution in [2.45, 2.75) is 6.92 Å². The van der Waals surface area contributed by atoms with Crippen molar-refractivity contribution in [3.8, 4) is 39.9 Å². The highest BCUT2D eigenvalue weighted by molar-refractivity contribution is 5.69. The second-order valence-corrected chi connectivity index (χ2v) is 6.21. The lowest BCUT2D eigenvalue weighted by Gasteiger charge is -2.12. The molecule has 28 heavy (non-hydrogen) atoms. The Bertz CT molecular complexity index is 1130. The summed E-state index contributed by atoms with van der Waals surface area (Å²) in [5.41, 5.74) is 3.90. The zero-order valence-electron chi connectivity index (χ0n) is 16.1. The van der Waals surface area contributed by atoms with Gasteiger partial charge in [0.15, 0.2) is 17.3 Å². The monoisotopic (exact) mass is 376 g/mol. The Morgan fingerprint density at radius 1 is 0.893 bits per heavy atom. The molecule has 142 valence electrons. The van der Waals surface area contributed by atoms with Crippen LogP contribution in [0.4, 0.5) is 0 Å². The van der Waals surface area contributed by atoms with Crippen LogP contribution in [-0.2, 0) is 0 Å². The molecule has 4 aromatic rings. The van der Waals surface area contributed by atoms with Crippen molar-refractivity contribution < 1.29 is 14.2 Å². The topological polar surface area (TPSA) is 70.8 Å². The average Bonchev–Trinajstić information content (AvgIpc) is 3.17. The van der Waals surface area contributed by atoms with Crippen LogP contribution in [0, 0.1) is 6.92 Å². The fourth-order valence-corrected chi connectivity index (χ4v) is 3.19. The van der Waals surface area contributed by atoms with Gasteiger partial charge in [-0.15, -0.1) is 5.10 Å². The fraction of sp³-hybridized carbons (Fsp3) is 0.190. The first kappa shape index (κ1) is 17.8. The van der Waals surface area contributed by atoms with Gasteiger partial charge >= 0.3 is 0 Å². The van der Waals surface area contributed by atoms with Crippen LogP contribution < -0.4 is 14.2 Å². The van der Waals surface area contributed by atoms with Crippen molar-refractivity contribution in [1.82, 2.24) is 19.6 Å². The van der Waals surface area contributed by atoms with Crippen LogP contribution >= 0.6 is 0 Å². The Morgan fingerprint density at radius 2 is 1.61 bits per heavy atom. The summed E-state index contributed by atoms with van der Waals surface area (Å²) in [6.07, 6.45) is 1.74. The molecule has 0 bridgehead atoms. The number of benzene rings is 2. The highest BCUT2D eigenvalue weighted by Crippen LogP contribution is 2.40. The molecule has 0 saturated carbocycles. The molecular formula is C21H20N4O3. The van der Waals surface area contributed by atoms with Crippen LogP contribution in [0.1, 0.15) is 5.56 Å². The third-order valence-corrected chi connectivity index (χ3v) is 4.58. The summed E-state index contributed by atoms with van der Waals surface area (Å²) in [6, 6.07) is 13.7. The zero-order valence-corrected chi connectivity index (χ0v) is 16.1. The summed E-state index contributed by atoms with van der Waals surface area (Å²) in [6.45, 7) is 2.07. The fourth-order valence-electron chi connectivity index (χ4n) is 3.19. The maximum atomic E-state index is 5.44. The second kappa shape index (κ2) is 7.19. The average molecular weight is 376 g/mol. The third kappa shape index (κ3) is 2.90. The maximum Gasteiger partial charge on any atom is 0.253 e. The number of aromatic nitrogens is 4. The molecule has 0 unspecified atom stereocenters. The molecule has 0 radical (unpaired) electrons. The van der Waals surface area contributed by atoms with Crippen molar-refractivity contribution in [1.29, 1.82) is 0 Å². The van der Waals surface area contributed by atoms with Gasteiger partial charge in [-0.1, -0.05) is 24.3 Å². The summed E-state index contributed by atoms with van der Waals surface area (Å²) in [7, 11) is 4.73. The van der Waals surface area contributed by atoms with Crippen molar-refractivity contribution in [2.24, 2.45) is 0 Å². The van der Waals surface area contributed by atoms with Gasteiger partial charge in [0.25, 0.3) is 5.78 Å². The molecule has 7 nitrogen and oxygen atoms in total. The molecular weight excluding hydrogens is 356 g/mol. The van der Waals surface area contributed by atoms with E-state index in [0.29, 0.717) is 28.9 Å². The number of aryl methyl sites for hydroxylation is 1. The molecule has 0 N–H and O–H groups in total. The molecule has 0 spiro atoms. The van der Waals surface area contributed by atoms with Gasteiger partial charge < -0.3 is 14.2 Å². The Kier molecular flexibility index (Phi) is 4.57. The van der Waals surface area contributed by atoms with Gasteiger partial charge in [-0.05, 0) is 30.7 Å². The molecule has 4 rings (SSSR count). The molecule has 0 fully saturated rings. The number of nitrogens with zero attached hydrogens (tertiary/aromatic N) is 4. The summed E-state index contributed by atoms with van der Waals surface area (Å²) in [5.74, 6) is 2.65. The molecule has 0 atom stereocenters. The standard InChI is InChI=1S/C21H20N4O3/c1-13-7-5-6-8-15(13)16-9-10-22-21-23-20(24-25(16)21)14-11-17(26-2)19(28-4)18(12-14)27-3/h5-12H,1-4H3. The molecule has 0 saturated heterocycles. The van der Waals surface area contributed by atoms with Crippen molar-refractivity contribution >= 4 is 5.78 Å². The third-order valence-electron chi connectivity index (χ3n) is 4.58. The minimum atomic E-state index is 0.518. The van der Waals surface area contributed by atoms with E-state index in [2.05, 4.69) is 29.0 Å². The lowest BCUT2D eigenvalue weighted by molar-refractivity contribution is 0.324. The van der Waals surface area contributed by atoms with Crippen molar-refractivity contribution in [3.05, 3.63) is 54.2 Å². The highest BCUT2D eigenvalue weighted by Gasteiger charge is 2.18. The number of hydrogen-bond donors (Lipinski definition) is 0. The molecule has 0 aliphatic carbocycles. The Morgan fingerprint density at radius 3 is 2.25 bits per heavy atom. The zero-order chi connectivity index (χ0) is 19.7. The molecule has 2 aromatic carbocycles. The quantitative estimate of drug-likeness (QED) is 0.528. The van der Waals surface area contributed by atoms with Gasteiger partial charge in [0.1, 0.15) is 0 Å². The van der Waals surface area contributed by atoms with E-state index in [4.69, 9.17) is 19.3 Å². The Balaban J connectivity index is 1.90. The number of ether oxygens (including phenoxy) is 3. The van der Waals surface area contributed by atoms with Crippen LogP contribution in [0.5, 0.6) is 17.2 Å². The molecule has 7 heteroatoms. The molecule has 0 aliphatic rings. The van der Waals surface area contributed by atoms with Gasteiger partial charge in [-0.3, -0.25) is 0 Å². The Labute approximate surface area is 162 Å². The number of rotatable bonds is 5. The van der Waals surface area contributed by atoms with E-state index in [9.17, 15) is 0 Å². The van der Waals surface area contributed by atoms with Gasteiger partial charge in [-0.25, -0.2) is 4.98 Å². The summed E-state index contributed by atoms with van der Waals surface area (Å²) in [5, 5.41) is 4.70. The summed E-state index contributed by atoms with van der Waals surface area (Å²) >= 11 is 0. The van der Waals surface area contributed by atoms with Crippen LogP contribution in [0.2, 0.25) is 0 Å². The van der Waals surface area contributed by atoms with E-state index in [0.717, 1.165) is 22.4 Å². The first-order valence-corrected chi connectivity index (χ1v) is 8.74. The van der Waals surface area contributed by atoms with E-state index in [1.807, 2.05) is 30.3 Å². The van der Waals surface area contributed by atoms with E-state index in [-0.39, 0.29) is 0 Å². The van der Waals surface area contributed by atoms with Gasteiger partial charge in [0, 0.05) is 17.3 Å². The van der Waals surface area contributed by atoms with Crippen LogP contribution in [-0.4, -0.2) is 40.9 Å². The summed E-state index contributed by atoms with van der Waals surface area (Å²) in [4.78, 5) is 8.96. The lowest BCUT2D eigenvalue weighted by atomic mass is 10.1. The molecule has 2 aromatic heterocycles. The highest BCUT2D eigenvalue weighted by atomic mass is 16.5. The minimum Gasteiger partial charge on any atom is -0.493 e. The summed E-state index contributed by atoms with van der Waals surface area (Å²) < 4.78 is 18.0.